The van der Waals surface area contributed by atoms with E-state index in [9.17, 15) is 0 Å². The lowest BCUT2D eigenvalue weighted by Crippen LogP contribution is -2.45. The third-order valence-electron chi connectivity index (χ3n) is 4.29. The van der Waals surface area contributed by atoms with Gasteiger partial charge in [0.05, 0.1) is 19.8 Å². The predicted octanol–water partition coefficient (Wildman–Crippen LogP) is 2.75. The van der Waals surface area contributed by atoms with Gasteiger partial charge in [0.15, 0.2) is 11.5 Å². The van der Waals surface area contributed by atoms with Gasteiger partial charge in [0, 0.05) is 6.54 Å². The SMILES string of the molecule is COc1ccc(C(C)(N)CN2CCCCCC2)cc1OC. The maximum absolute atomic E-state index is 6.60. The zero-order valence-corrected chi connectivity index (χ0v) is 13.5. The Labute approximate surface area is 128 Å². The molecule has 1 saturated heterocycles. The van der Waals surface area contributed by atoms with E-state index in [2.05, 4.69) is 11.8 Å². The summed E-state index contributed by atoms with van der Waals surface area (Å²) in [5, 5.41) is 0. The van der Waals surface area contributed by atoms with Gasteiger partial charge in [-0.2, -0.15) is 0 Å². The zero-order valence-electron chi connectivity index (χ0n) is 13.5. The number of nitrogens with zero attached hydrogens (tertiary/aromatic N) is 1. The van der Waals surface area contributed by atoms with Crippen molar-refractivity contribution in [2.24, 2.45) is 5.73 Å². The molecule has 1 heterocycles. The minimum Gasteiger partial charge on any atom is -0.493 e. The fourth-order valence-electron chi connectivity index (χ4n) is 3.04. The Morgan fingerprint density at radius 1 is 1.05 bits per heavy atom. The van der Waals surface area contributed by atoms with Crippen LogP contribution in [0, 0.1) is 0 Å². The summed E-state index contributed by atoms with van der Waals surface area (Å²) in [6, 6.07) is 5.97. The maximum Gasteiger partial charge on any atom is 0.161 e. The molecule has 4 heteroatoms. The van der Waals surface area contributed by atoms with Crippen molar-refractivity contribution >= 4 is 0 Å². The molecule has 0 aromatic heterocycles. The first-order valence-corrected chi connectivity index (χ1v) is 7.80. The van der Waals surface area contributed by atoms with E-state index in [0.29, 0.717) is 0 Å². The standard InChI is InChI=1S/C17H28N2O2/c1-17(18,13-19-10-6-4-5-7-11-19)14-8-9-15(20-2)16(12-14)21-3/h8-9,12H,4-7,10-11,13,18H2,1-3H3. The summed E-state index contributed by atoms with van der Waals surface area (Å²) in [6.07, 6.45) is 5.24. The highest BCUT2D eigenvalue weighted by Crippen LogP contribution is 2.31. The van der Waals surface area contributed by atoms with Crippen LogP contribution in [0.25, 0.3) is 0 Å². The Hall–Kier alpha value is -1.26. The van der Waals surface area contributed by atoms with Gasteiger partial charge in [-0.15, -0.1) is 0 Å². The lowest BCUT2D eigenvalue weighted by molar-refractivity contribution is 0.224. The van der Waals surface area contributed by atoms with Crippen molar-refractivity contribution in [3.8, 4) is 11.5 Å². The van der Waals surface area contributed by atoms with Crippen molar-refractivity contribution in [2.75, 3.05) is 33.9 Å². The number of hydrogen-bond donors (Lipinski definition) is 1. The fraction of sp³-hybridized carbons (Fsp3) is 0.647. The molecule has 1 aromatic carbocycles. The van der Waals surface area contributed by atoms with Crippen LogP contribution in [0.5, 0.6) is 11.5 Å². The molecule has 0 radical (unpaired) electrons. The molecule has 21 heavy (non-hydrogen) atoms. The normalized spacial score (nSPS) is 19.6. The molecule has 1 aliphatic rings. The Bertz CT molecular complexity index is 452. The van der Waals surface area contributed by atoms with Gasteiger partial charge in [0.2, 0.25) is 0 Å². The average molecular weight is 292 g/mol. The van der Waals surface area contributed by atoms with Crippen LogP contribution >= 0.6 is 0 Å². The lowest BCUT2D eigenvalue weighted by Gasteiger charge is -2.32. The topological polar surface area (TPSA) is 47.7 Å². The minimum atomic E-state index is -0.385. The van der Waals surface area contributed by atoms with Crippen LogP contribution in [-0.4, -0.2) is 38.8 Å². The maximum atomic E-state index is 6.60. The number of rotatable bonds is 5. The Morgan fingerprint density at radius 3 is 2.24 bits per heavy atom. The van der Waals surface area contributed by atoms with Crippen LogP contribution in [0.3, 0.4) is 0 Å². The molecule has 1 aromatic rings. The highest BCUT2D eigenvalue weighted by molar-refractivity contribution is 5.44. The van der Waals surface area contributed by atoms with E-state index in [1.54, 1.807) is 14.2 Å². The summed E-state index contributed by atoms with van der Waals surface area (Å²) in [5.74, 6) is 1.48. The summed E-state index contributed by atoms with van der Waals surface area (Å²) in [5.41, 5.74) is 7.30. The van der Waals surface area contributed by atoms with Gasteiger partial charge in [0.1, 0.15) is 0 Å². The highest BCUT2D eigenvalue weighted by Gasteiger charge is 2.26. The quantitative estimate of drug-likeness (QED) is 0.906. The molecule has 2 rings (SSSR count). The summed E-state index contributed by atoms with van der Waals surface area (Å²) >= 11 is 0. The molecule has 1 fully saturated rings. The number of methoxy groups -OCH3 is 2. The lowest BCUT2D eigenvalue weighted by atomic mass is 9.92. The monoisotopic (exact) mass is 292 g/mol. The zero-order chi connectivity index (χ0) is 15.3. The van der Waals surface area contributed by atoms with Crippen molar-refractivity contribution in [2.45, 2.75) is 38.1 Å². The Kier molecular flexibility index (Phi) is 5.48. The van der Waals surface area contributed by atoms with E-state index in [0.717, 1.165) is 36.7 Å². The Balaban J connectivity index is 2.14. The number of likely N-dealkylation sites (tertiary alicyclic amines) is 1. The van der Waals surface area contributed by atoms with Crippen LogP contribution in [0.2, 0.25) is 0 Å². The molecular weight excluding hydrogens is 264 g/mol. The van der Waals surface area contributed by atoms with Crippen molar-refractivity contribution < 1.29 is 9.47 Å². The van der Waals surface area contributed by atoms with Crippen LogP contribution < -0.4 is 15.2 Å². The molecule has 0 bridgehead atoms. The van der Waals surface area contributed by atoms with E-state index in [1.165, 1.54) is 25.7 Å². The van der Waals surface area contributed by atoms with E-state index >= 15 is 0 Å². The highest BCUT2D eigenvalue weighted by atomic mass is 16.5. The summed E-state index contributed by atoms with van der Waals surface area (Å²) in [6.45, 7) is 5.28. The van der Waals surface area contributed by atoms with Crippen molar-refractivity contribution in [3.05, 3.63) is 23.8 Å². The molecule has 118 valence electrons. The van der Waals surface area contributed by atoms with Gasteiger partial charge in [-0.05, 0) is 50.6 Å². The number of nitrogens with two attached hydrogens (primary N) is 1. The average Bonchev–Trinajstić information content (AvgIpc) is 2.74. The van der Waals surface area contributed by atoms with Gasteiger partial charge < -0.3 is 20.1 Å². The van der Waals surface area contributed by atoms with E-state index in [4.69, 9.17) is 15.2 Å². The van der Waals surface area contributed by atoms with Gasteiger partial charge >= 0.3 is 0 Å². The third-order valence-corrected chi connectivity index (χ3v) is 4.29. The van der Waals surface area contributed by atoms with Crippen molar-refractivity contribution in [3.63, 3.8) is 0 Å². The first-order chi connectivity index (χ1) is 10.1. The minimum absolute atomic E-state index is 0.385. The predicted molar refractivity (Wildman–Crippen MR) is 86.0 cm³/mol. The number of benzene rings is 1. The molecule has 0 spiro atoms. The van der Waals surface area contributed by atoms with E-state index in [1.807, 2.05) is 18.2 Å². The van der Waals surface area contributed by atoms with Gasteiger partial charge in [-0.3, -0.25) is 0 Å². The molecule has 2 N–H and O–H groups in total. The fourth-order valence-corrected chi connectivity index (χ4v) is 3.04. The van der Waals surface area contributed by atoms with Crippen LogP contribution in [0.1, 0.15) is 38.2 Å². The van der Waals surface area contributed by atoms with Crippen LogP contribution in [0.15, 0.2) is 18.2 Å². The molecule has 1 unspecified atom stereocenters. The van der Waals surface area contributed by atoms with E-state index in [-0.39, 0.29) is 5.54 Å². The van der Waals surface area contributed by atoms with Crippen LogP contribution in [0.4, 0.5) is 0 Å². The molecule has 0 amide bonds. The molecule has 1 atom stereocenters. The Morgan fingerprint density at radius 2 is 1.67 bits per heavy atom. The smallest absolute Gasteiger partial charge is 0.161 e. The second kappa shape index (κ2) is 7.14. The summed E-state index contributed by atoms with van der Waals surface area (Å²) in [4.78, 5) is 2.49. The van der Waals surface area contributed by atoms with E-state index < -0.39 is 0 Å². The first-order valence-electron chi connectivity index (χ1n) is 7.80. The van der Waals surface area contributed by atoms with Gasteiger partial charge in [-0.1, -0.05) is 18.9 Å². The van der Waals surface area contributed by atoms with Gasteiger partial charge in [0.25, 0.3) is 0 Å². The second-order valence-electron chi connectivity index (χ2n) is 6.18. The third kappa shape index (κ3) is 4.11. The summed E-state index contributed by atoms with van der Waals surface area (Å²) < 4.78 is 10.7. The molecule has 1 aliphatic heterocycles. The second-order valence-corrected chi connectivity index (χ2v) is 6.18. The number of ether oxygens (including phenoxy) is 2. The molecule has 0 aliphatic carbocycles. The number of hydrogen-bond acceptors (Lipinski definition) is 4. The first kappa shape index (κ1) is 16.1. The largest absolute Gasteiger partial charge is 0.493 e. The molecular formula is C17H28N2O2. The van der Waals surface area contributed by atoms with Gasteiger partial charge in [-0.25, -0.2) is 0 Å². The molecule has 0 saturated carbocycles. The molecule has 4 nitrogen and oxygen atoms in total. The summed E-state index contributed by atoms with van der Waals surface area (Å²) in [7, 11) is 3.31. The van der Waals surface area contributed by atoms with Crippen molar-refractivity contribution in [1.82, 2.24) is 4.90 Å². The van der Waals surface area contributed by atoms with Crippen molar-refractivity contribution in [1.29, 1.82) is 0 Å². The van der Waals surface area contributed by atoms with Crippen LogP contribution in [-0.2, 0) is 5.54 Å².